The number of rotatable bonds is 9. The van der Waals surface area contributed by atoms with Crippen molar-refractivity contribution in [3.63, 3.8) is 0 Å². The Kier molecular flexibility index (Phi) is 7.86. The summed E-state index contributed by atoms with van der Waals surface area (Å²) in [5.74, 6) is 0.117. The van der Waals surface area contributed by atoms with E-state index >= 15 is 0 Å². The molecule has 1 amide bonds. The number of ether oxygens (including phenoxy) is 3. The highest BCUT2D eigenvalue weighted by atomic mass is 79.9. The number of nitrogens with one attached hydrogen (secondary N) is 1. The Morgan fingerprint density at radius 3 is 2.10 bits per heavy atom. The van der Waals surface area contributed by atoms with Gasteiger partial charge in [-0.05, 0) is 57.9 Å². The first-order valence-electron chi connectivity index (χ1n) is 9.20. The van der Waals surface area contributed by atoms with Gasteiger partial charge in [-0.3, -0.25) is 4.79 Å². The van der Waals surface area contributed by atoms with Crippen LogP contribution < -0.4 is 14.8 Å². The van der Waals surface area contributed by atoms with Gasteiger partial charge in [0.2, 0.25) is 0 Å². The molecule has 30 heavy (non-hydrogen) atoms. The van der Waals surface area contributed by atoms with Crippen LogP contribution in [0.5, 0.6) is 11.5 Å². The van der Waals surface area contributed by atoms with E-state index in [1.165, 1.54) is 0 Å². The van der Waals surface area contributed by atoms with Crippen molar-refractivity contribution in [3.8, 4) is 11.5 Å². The average molecular weight is 470 g/mol. The third-order valence-electron chi connectivity index (χ3n) is 3.94. The lowest BCUT2D eigenvalue weighted by Gasteiger charge is -2.10. The van der Waals surface area contributed by atoms with Crippen molar-refractivity contribution < 1.29 is 23.8 Å². The van der Waals surface area contributed by atoms with Crippen LogP contribution in [0.3, 0.4) is 0 Å². The maximum Gasteiger partial charge on any atom is 0.344 e. The van der Waals surface area contributed by atoms with Crippen molar-refractivity contribution in [2.45, 2.75) is 6.61 Å². The molecular weight excluding hydrogens is 450 g/mol. The summed E-state index contributed by atoms with van der Waals surface area (Å²) in [5.41, 5.74) is 1.67. The van der Waals surface area contributed by atoms with E-state index in [1.54, 1.807) is 42.5 Å². The quantitative estimate of drug-likeness (QED) is 0.464. The Bertz CT molecular complexity index is 976. The molecule has 0 unspecified atom stereocenters. The van der Waals surface area contributed by atoms with Gasteiger partial charge < -0.3 is 19.5 Å². The maximum absolute atomic E-state index is 11.9. The zero-order chi connectivity index (χ0) is 21.2. The zero-order valence-corrected chi connectivity index (χ0v) is 17.6. The van der Waals surface area contributed by atoms with Gasteiger partial charge in [0.1, 0.15) is 18.1 Å². The lowest BCUT2D eigenvalue weighted by Crippen LogP contribution is -2.23. The fraction of sp³-hybridized carbons (Fsp3) is 0.130. The van der Waals surface area contributed by atoms with Crippen LogP contribution in [0, 0.1) is 0 Å². The van der Waals surface area contributed by atoms with Gasteiger partial charge in [-0.25, -0.2) is 4.79 Å². The molecule has 0 heterocycles. The number of para-hydroxylation sites is 1. The molecule has 0 fully saturated rings. The van der Waals surface area contributed by atoms with E-state index in [0.717, 1.165) is 10.0 Å². The summed E-state index contributed by atoms with van der Waals surface area (Å²) in [6, 6.07) is 23.9. The molecule has 0 saturated heterocycles. The van der Waals surface area contributed by atoms with E-state index < -0.39 is 18.5 Å². The number of carbonyl (C=O) groups is 2. The van der Waals surface area contributed by atoms with Gasteiger partial charge >= 0.3 is 5.97 Å². The summed E-state index contributed by atoms with van der Waals surface area (Å²) < 4.78 is 16.8. The van der Waals surface area contributed by atoms with Crippen LogP contribution in [0.15, 0.2) is 83.3 Å². The normalized spacial score (nSPS) is 10.2. The topological polar surface area (TPSA) is 73.9 Å². The SMILES string of the molecule is O=C(COC(=O)COc1ccc(OCc2ccccc2)cc1)Nc1ccccc1Br. The molecule has 0 aromatic heterocycles. The molecule has 6 nitrogen and oxygen atoms in total. The van der Waals surface area contributed by atoms with Gasteiger partial charge in [-0.15, -0.1) is 0 Å². The van der Waals surface area contributed by atoms with Crippen molar-refractivity contribution >= 4 is 33.5 Å². The number of anilines is 1. The number of hydrogen-bond donors (Lipinski definition) is 1. The molecule has 0 spiro atoms. The Labute approximate surface area is 182 Å². The molecule has 3 rings (SSSR count). The summed E-state index contributed by atoms with van der Waals surface area (Å²) in [7, 11) is 0. The third kappa shape index (κ3) is 6.93. The lowest BCUT2D eigenvalue weighted by molar-refractivity contribution is -0.149. The van der Waals surface area contributed by atoms with Crippen LogP contribution in [0.1, 0.15) is 5.56 Å². The van der Waals surface area contributed by atoms with E-state index in [0.29, 0.717) is 23.8 Å². The molecule has 0 radical (unpaired) electrons. The predicted molar refractivity (Wildman–Crippen MR) is 116 cm³/mol. The minimum atomic E-state index is -0.637. The second kappa shape index (κ2) is 11.0. The van der Waals surface area contributed by atoms with E-state index in [2.05, 4.69) is 21.2 Å². The highest BCUT2D eigenvalue weighted by Crippen LogP contribution is 2.21. The Balaban J connectivity index is 1.37. The number of hydrogen-bond acceptors (Lipinski definition) is 5. The zero-order valence-electron chi connectivity index (χ0n) is 16.0. The van der Waals surface area contributed by atoms with Gasteiger partial charge in [0.25, 0.3) is 5.91 Å². The minimum Gasteiger partial charge on any atom is -0.489 e. The summed E-state index contributed by atoms with van der Waals surface area (Å²) >= 11 is 3.33. The number of benzene rings is 3. The van der Waals surface area contributed by atoms with Crippen molar-refractivity contribution in [1.29, 1.82) is 0 Å². The van der Waals surface area contributed by atoms with Crippen molar-refractivity contribution in [1.82, 2.24) is 0 Å². The van der Waals surface area contributed by atoms with Crippen LogP contribution in [0.2, 0.25) is 0 Å². The second-order valence-corrected chi connectivity index (χ2v) is 7.08. The molecule has 0 bridgehead atoms. The van der Waals surface area contributed by atoms with Gasteiger partial charge in [0.05, 0.1) is 5.69 Å². The molecule has 3 aromatic rings. The van der Waals surface area contributed by atoms with Gasteiger partial charge in [-0.2, -0.15) is 0 Å². The number of carbonyl (C=O) groups excluding carboxylic acids is 2. The first-order chi connectivity index (χ1) is 14.6. The average Bonchev–Trinajstić information content (AvgIpc) is 2.78. The summed E-state index contributed by atoms with van der Waals surface area (Å²) in [4.78, 5) is 23.7. The smallest absolute Gasteiger partial charge is 0.344 e. The summed E-state index contributed by atoms with van der Waals surface area (Å²) in [5, 5.41) is 2.65. The highest BCUT2D eigenvalue weighted by molar-refractivity contribution is 9.10. The first kappa shape index (κ1) is 21.4. The molecule has 3 aromatic carbocycles. The predicted octanol–water partition coefficient (Wildman–Crippen LogP) is 4.59. The van der Waals surface area contributed by atoms with Crippen molar-refractivity contribution in [2.75, 3.05) is 18.5 Å². The summed E-state index contributed by atoms with van der Waals surface area (Å²) in [6.07, 6.45) is 0. The van der Waals surface area contributed by atoms with E-state index in [1.807, 2.05) is 36.4 Å². The standard InChI is InChI=1S/C23H20BrNO5/c24-20-8-4-5-9-21(20)25-22(26)15-30-23(27)16-29-19-12-10-18(11-13-19)28-14-17-6-2-1-3-7-17/h1-13H,14-16H2,(H,25,26). The largest absolute Gasteiger partial charge is 0.489 e. The molecule has 7 heteroatoms. The van der Waals surface area contributed by atoms with Gasteiger partial charge in [0.15, 0.2) is 13.2 Å². The van der Waals surface area contributed by atoms with Crippen molar-refractivity contribution in [3.05, 3.63) is 88.9 Å². The second-order valence-electron chi connectivity index (χ2n) is 6.22. The third-order valence-corrected chi connectivity index (χ3v) is 4.63. The lowest BCUT2D eigenvalue weighted by atomic mass is 10.2. The van der Waals surface area contributed by atoms with Gasteiger partial charge in [-0.1, -0.05) is 42.5 Å². The Hall–Kier alpha value is -3.32. The number of amides is 1. The van der Waals surface area contributed by atoms with Crippen molar-refractivity contribution in [2.24, 2.45) is 0 Å². The maximum atomic E-state index is 11.9. The molecule has 154 valence electrons. The molecule has 1 N–H and O–H groups in total. The highest BCUT2D eigenvalue weighted by Gasteiger charge is 2.10. The molecule has 0 atom stereocenters. The molecule has 0 aliphatic heterocycles. The molecule has 0 saturated carbocycles. The van der Waals surface area contributed by atoms with E-state index in [9.17, 15) is 9.59 Å². The monoisotopic (exact) mass is 469 g/mol. The Morgan fingerprint density at radius 2 is 1.40 bits per heavy atom. The van der Waals surface area contributed by atoms with Crippen LogP contribution >= 0.6 is 15.9 Å². The Morgan fingerprint density at radius 1 is 0.767 bits per heavy atom. The minimum absolute atomic E-state index is 0.299. The van der Waals surface area contributed by atoms with Gasteiger partial charge in [0, 0.05) is 4.47 Å². The summed E-state index contributed by atoms with van der Waals surface area (Å²) in [6.45, 7) is -0.225. The van der Waals surface area contributed by atoms with Crippen LogP contribution in [0.4, 0.5) is 5.69 Å². The molecule has 0 aliphatic rings. The van der Waals surface area contributed by atoms with E-state index in [4.69, 9.17) is 14.2 Å². The van der Waals surface area contributed by atoms with Crippen LogP contribution in [-0.4, -0.2) is 25.1 Å². The van der Waals surface area contributed by atoms with Crippen LogP contribution in [0.25, 0.3) is 0 Å². The number of halogens is 1. The molecular formula is C23H20BrNO5. The number of esters is 1. The van der Waals surface area contributed by atoms with Crippen LogP contribution in [-0.2, 0) is 20.9 Å². The first-order valence-corrected chi connectivity index (χ1v) is 9.99. The fourth-order valence-electron chi connectivity index (χ4n) is 2.45. The fourth-order valence-corrected chi connectivity index (χ4v) is 2.84. The van der Waals surface area contributed by atoms with E-state index in [-0.39, 0.29) is 6.61 Å². The molecule has 0 aliphatic carbocycles.